The Bertz CT molecular complexity index is 452. The molecule has 0 radical (unpaired) electrons. The lowest BCUT2D eigenvalue weighted by Crippen LogP contribution is -2.36. The normalized spacial score (nSPS) is 36.8. The second-order valence-corrected chi connectivity index (χ2v) is 10.9. The van der Waals surface area contributed by atoms with Crippen LogP contribution >= 0.6 is 31.9 Å². The van der Waals surface area contributed by atoms with Crippen molar-refractivity contribution in [1.82, 2.24) is 0 Å². The molecule has 126 valence electrons. The monoisotopic (exact) mass is 434 g/mol. The Labute approximate surface area is 151 Å². The SMILES string of the molecule is CC1CCC(C(C)C)C(OC(=O)C2C(C=C(Br)Br)C2(C)C)C1. The number of rotatable bonds is 4. The zero-order chi connectivity index (χ0) is 16.7. The van der Waals surface area contributed by atoms with Crippen LogP contribution in [0, 0.1) is 35.0 Å². The summed E-state index contributed by atoms with van der Waals surface area (Å²) in [6, 6.07) is 0. The summed E-state index contributed by atoms with van der Waals surface area (Å²) in [5.74, 6) is 1.99. The highest BCUT2D eigenvalue weighted by Crippen LogP contribution is 2.60. The van der Waals surface area contributed by atoms with Gasteiger partial charge in [0.25, 0.3) is 0 Å². The van der Waals surface area contributed by atoms with Crippen molar-refractivity contribution in [1.29, 1.82) is 0 Å². The molecule has 2 rings (SSSR count). The maximum atomic E-state index is 12.7. The lowest BCUT2D eigenvalue weighted by molar-refractivity contribution is -0.158. The number of hydrogen-bond acceptors (Lipinski definition) is 2. The van der Waals surface area contributed by atoms with Crippen LogP contribution in [0.2, 0.25) is 0 Å². The second-order valence-electron chi connectivity index (χ2n) is 8.08. The molecular formula is C18H28Br2O2. The number of ether oxygens (including phenoxy) is 1. The van der Waals surface area contributed by atoms with Crippen LogP contribution in [0.25, 0.3) is 0 Å². The van der Waals surface area contributed by atoms with Gasteiger partial charge in [0.15, 0.2) is 0 Å². The van der Waals surface area contributed by atoms with Gasteiger partial charge >= 0.3 is 5.97 Å². The molecule has 0 saturated heterocycles. The fourth-order valence-electron chi connectivity index (χ4n) is 4.05. The summed E-state index contributed by atoms with van der Waals surface area (Å²) < 4.78 is 6.92. The van der Waals surface area contributed by atoms with Crippen LogP contribution < -0.4 is 0 Å². The zero-order valence-corrected chi connectivity index (χ0v) is 17.4. The third-order valence-electron chi connectivity index (χ3n) is 5.70. The molecular weight excluding hydrogens is 408 g/mol. The Balaban J connectivity index is 2.03. The molecule has 0 amide bonds. The minimum atomic E-state index is -0.0114. The zero-order valence-electron chi connectivity index (χ0n) is 14.2. The van der Waals surface area contributed by atoms with Crippen molar-refractivity contribution in [3.05, 3.63) is 9.47 Å². The Morgan fingerprint density at radius 3 is 2.45 bits per heavy atom. The molecule has 0 aromatic carbocycles. The maximum Gasteiger partial charge on any atom is 0.310 e. The molecule has 4 heteroatoms. The van der Waals surface area contributed by atoms with E-state index in [0.29, 0.717) is 17.8 Å². The van der Waals surface area contributed by atoms with Gasteiger partial charge in [-0.1, -0.05) is 47.1 Å². The van der Waals surface area contributed by atoms with Gasteiger partial charge in [-0.3, -0.25) is 4.79 Å². The third kappa shape index (κ3) is 3.98. The van der Waals surface area contributed by atoms with Gasteiger partial charge in [0.2, 0.25) is 0 Å². The second kappa shape index (κ2) is 6.96. The summed E-state index contributed by atoms with van der Waals surface area (Å²) in [5.41, 5.74) is -0.00250. The van der Waals surface area contributed by atoms with Crippen LogP contribution in [-0.4, -0.2) is 12.1 Å². The first-order valence-electron chi connectivity index (χ1n) is 8.37. The van der Waals surface area contributed by atoms with Gasteiger partial charge in [0, 0.05) is 0 Å². The Morgan fingerprint density at radius 2 is 1.91 bits per heavy atom. The topological polar surface area (TPSA) is 26.3 Å². The van der Waals surface area contributed by atoms with E-state index in [9.17, 15) is 4.79 Å². The van der Waals surface area contributed by atoms with Gasteiger partial charge in [-0.25, -0.2) is 0 Å². The van der Waals surface area contributed by atoms with E-state index in [1.165, 1.54) is 12.8 Å². The summed E-state index contributed by atoms with van der Waals surface area (Å²) in [6.07, 6.45) is 5.64. The fraction of sp³-hybridized carbons (Fsp3) is 0.833. The summed E-state index contributed by atoms with van der Waals surface area (Å²) in [4.78, 5) is 12.7. The highest BCUT2D eigenvalue weighted by atomic mass is 79.9. The smallest absolute Gasteiger partial charge is 0.310 e. The van der Waals surface area contributed by atoms with Crippen LogP contribution in [0.4, 0.5) is 0 Å². The van der Waals surface area contributed by atoms with Crippen molar-refractivity contribution >= 4 is 37.8 Å². The maximum absolute atomic E-state index is 12.7. The Kier molecular flexibility index (Phi) is 5.86. The molecule has 22 heavy (non-hydrogen) atoms. The summed E-state index contributed by atoms with van der Waals surface area (Å²) in [7, 11) is 0. The van der Waals surface area contributed by atoms with E-state index in [2.05, 4.69) is 72.6 Å². The first kappa shape index (κ1) is 18.5. The molecule has 2 fully saturated rings. The lowest BCUT2D eigenvalue weighted by Gasteiger charge is -2.36. The predicted molar refractivity (Wildman–Crippen MR) is 97.9 cm³/mol. The molecule has 2 saturated carbocycles. The van der Waals surface area contributed by atoms with E-state index in [-0.39, 0.29) is 29.3 Å². The van der Waals surface area contributed by atoms with Crippen LogP contribution in [0.1, 0.15) is 53.9 Å². The summed E-state index contributed by atoms with van der Waals surface area (Å²) in [5, 5.41) is 0. The molecule has 0 bridgehead atoms. The molecule has 0 aromatic rings. The number of carbonyl (C=O) groups excluding carboxylic acids is 1. The van der Waals surface area contributed by atoms with Crippen LogP contribution in [0.15, 0.2) is 9.47 Å². The predicted octanol–water partition coefficient (Wildman–Crippen LogP) is 5.89. The highest BCUT2D eigenvalue weighted by molar-refractivity contribution is 9.28. The highest BCUT2D eigenvalue weighted by Gasteiger charge is 2.62. The molecule has 0 aliphatic heterocycles. The van der Waals surface area contributed by atoms with E-state index >= 15 is 0 Å². The van der Waals surface area contributed by atoms with Crippen LogP contribution in [0.3, 0.4) is 0 Å². The van der Waals surface area contributed by atoms with E-state index < -0.39 is 0 Å². The number of hydrogen-bond donors (Lipinski definition) is 0. The van der Waals surface area contributed by atoms with Gasteiger partial charge in [0.05, 0.1) is 9.31 Å². The lowest BCUT2D eigenvalue weighted by atomic mass is 9.75. The Hall–Kier alpha value is 0.170. The van der Waals surface area contributed by atoms with Crippen molar-refractivity contribution in [2.75, 3.05) is 0 Å². The van der Waals surface area contributed by atoms with Crippen LogP contribution in [0.5, 0.6) is 0 Å². The van der Waals surface area contributed by atoms with Gasteiger partial charge in [-0.05, 0) is 73.8 Å². The number of carbonyl (C=O) groups is 1. The molecule has 5 atom stereocenters. The fourth-order valence-corrected chi connectivity index (χ4v) is 4.62. The van der Waals surface area contributed by atoms with E-state index in [1.54, 1.807) is 0 Å². The van der Waals surface area contributed by atoms with E-state index in [1.807, 2.05) is 0 Å². The molecule has 2 aliphatic rings. The van der Waals surface area contributed by atoms with Gasteiger partial charge < -0.3 is 4.74 Å². The number of allylic oxidation sites excluding steroid dienone is 1. The van der Waals surface area contributed by atoms with E-state index in [0.717, 1.165) is 9.81 Å². The van der Waals surface area contributed by atoms with Gasteiger partial charge in [0.1, 0.15) is 6.10 Å². The molecule has 0 N–H and O–H groups in total. The quantitative estimate of drug-likeness (QED) is 0.514. The van der Waals surface area contributed by atoms with Crippen LogP contribution in [-0.2, 0) is 9.53 Å². The van der Waals surface area contributed by atoms with E-state index in [4.69, 9.17) is 4.74 Å². The minimum absolute atomic E-state index is 0.00250. The molecule has 0 spiro atoms. The average Bonchev–Trinajstić information content (AvgIpc) is 2.89. The molecule has 0 heterocycles. The third-order valence-corrected chi connectivity index (χ3v) is 6.23. The van der Waals surface area contributed by atoms with Crippen molar-refractivity contribution in [3.63, 3.8) is 0 Å². The van der Waals surface area contributed by atoms with Crippen molar-refractivity contribution in [2.24, 2.45) is 35.0 Å². The average molecular weight is 436 g/mol. The first-order valence-corrected chi connectivity index (χ1v) is 9.96. The Morgan fingerprint density at radius 1 is 1.27 bits per heavy atom. The summed E-state index contributed by atoms with van der Waals surface area (Å²) >= 11 is 6.81. The first-order chi connectivity index (χ1) is 10.1. The van der Waals surface area contributed by atoms with Crippen molar-refractivity contribution in [3.8, 4) is 0 Å². The molecule has 2 aliphatic carbocycles. The molecule has 0 aromatic heterocycles. The van der Waals surface area contributed by atoms with Crippen molar-refractivity contribution < 1.29 is 9.53 Å². The van der Waals surface area contributed by atoms with Crippen molar-refractivity contribution in [2.45, 2.75) is 60.0 Å². The molecule has 2 nitrogen and oxygen atoms in total. The standard InChI is InChI=1S/C18H28Br2O2/c1-10(2)12-7-6-11(3)8-14(12)22-17(21)16-13(9-15(19)20)18(16,4)5/h9-14,16H,6-8H2,1-5H3. The molecule has 5 unspecified atom stereocenters. The minimum Gasteiger partial charge on any atom is -0.462 e. The van der Waals surface area contributed by atoms with Gasteiger partial charge in [-0.15, -0.1) is 0 Å². The number of esters is 1. The van der Waals surface area contributed by atoms with Gasteiger partial charge in [-0.2, -0.15) is 0 Å². The number of halogens is 2. The summed E-state index contributed by atoms with van der Waals surface area (Å²) in [6.45, 7) is 11.1. The largest absolute Gasteiger partial charge is 0.462 e.